The molecule has 0 saturated heterocycles. The zero-order valence-corrected chi connectivity index (χ0v) is 12.0. The molecule has 1 aromatic rings. The molecule has 0 bridgehead atoms. The Labute approximate surface area is 108 Å². The minimum Gasteiger partial charge on any atom is -0.397 e. The summed E-state index contributed by atoms with van der Waals surface area (Å²) in [6.45, 7) is 3.71. The third kappa shape index (κ3) is 2.94. The molecule has 0 fully saturated rings. The highest BCUT2D eigenvalue weighted by atomic mass is 32.2. The molecule has 18 heavy (non-hydrogen) atoms. The molecule has 0 aliphatic rings. The second-order valence-corrected chi connectivity index (χ2v) is 7.04. The molecule has 0 atom stereocenters. The molecule has 0 heterocycles. The first kappa shape index (κ1) is 14.8. The van der Waals surface area contributed by atoms with Gasteiger partial charge in [-0.3, -0.25) is 0 Å². The first-order valence-electron chi connectivity index (χ1n) is 5.54. The van der Waals surface area contributed by atoms with Gasteiger partial charge < -0.3 is 15.7 Å². The summed E-state index contributed by atoms with van der Waals surface area (Å²) in [5, 5.41) is 9.32. The van der Waals surface area contributed by atoms with Crippen LogP contribution in [0.5, 0.6) is 0 Å². The van der Waals surface area contributed by atoms with Crippen molar-refractivity contribution in [1.29, 1.82) is 0 Å². The van der Waals surface area contributed by atoms with Gasteiger partial charge in [-0.15, -0.1) is 0 Å². The SMILES string of the molecule is CN(c1ccc(S(C)(=O)=O)cc1N)C(C)(C)CO. The van der Waals surface area contributed by atoms with Crippen molar-refractivity contribution in [2.24, 2.45) is 0 Å². The summed E-state index contributed by atoms with van der Waals surface area (Å²) in [6, 6.07) is 4.61. The van der Waals surface area contributed by atoms with Gasteiger partial charge in [0.1, 0.15) is 0 Å². The van der Waals surface area contributed by atoms with E-state index >= 15 is 0 Å². The van der Waals surface area contributed by atoms with Gasteiger partial charge in [0, 0.05) is 13.3 Å². The van der Waals surface area contributed by atoms with E-state index in [0.29, 0.717) is 11.4 Å². The second kappa shape index (κ2) is 4.78. The van der Waals surface area contributed by atoms with Gasteiger partial charge in [-0.05, 0) is 32.0 Å². The lowest BCUT2D eigenvalue weighted by atomic mass is 10.0. The highest BCUT2D eigenvalue weighted by Crippen LogP contribution is 2.29. The van der Waals surface area contributed by atoms with Crippen molar-refractivity contribution in [1.82, 2.24) is 0 Å². The van der Waals surface area contributed by atoms with Crippen LogP contribution in [0.2, 0.25) is 0 Å². The molecule has 0 radical (unpaired) electrons. The number of nitrogen functional groups attached to an aromatic ring is 1. The molecular formula is C12H20N2O3S. The van der Waals surface area contributed by atoms with Crippen LogP contribution in [0.15, 0.2) is 23.1 Å². The normalized spacial score (nSPS) is 12.5. The van der Waals surface area contributed by atoms with Crippen LogP contribution in [0.25, 0.3) is 0 Å². The summed E-state index contributed by atoms with van der Waals surface area (Å²) in [5.41, 5.74) is 6.48. The van der Waals surface area contributed by atoms with Crippen LogP contribution in [-0.2, 0) is 9.84 Å². The smallest absolute Gasteiger partial charge is 0.175 e. The number of rotatable bonds is 4. The van der Waals surface area contributed by atoms with E-state index in [4.69, 9.17) is 5.73 Å². The lowest BCUT2D eigenvalue weighted by Gasteiger charge is -2.36. The fraction of sp³-hybridized carbons (Fsp3) is 0.500. The van der Waals surface area contributed by atoms with E-state index in [1.165, 1.54) is 12.1 Å². The highest BCUT2D eigenvalue weighted by molar-refractivity contribution is 7.90. The summed E-state index contributed by atoms with van der Waals surface area (Å²) in [5.74, 6) is 0. The standard InChI is InChI=1S/C12H20N2O3S/c1-12(2,8-15)14(3)11-6-5-9(7-10(11)13)18(4,16)17/h5-7,15H,8,13H2,1-4H3. The van der Waals surface area contributed by atoms with Crippen molar-refractivity contribution in [3.63, 3.8) is 0 Å². The van der Waals surface area contributed by atoms with Crippen molar-refractivity contribution in [3.8, 4) is 0 Å². The number of nitrogens with zero attached hydrogens (tertiary/aromatic N) is 1. The molecule has 0 saturated carbocycles. The molecule has 0 aliphatic carbocycles. The first-order valence-corrected chi connectivity index (χ1v) is 7.43. The van der Waals surface area contributed by atoms with Gasteiger partial charge in [0.2, 0.25) is 0 Å². The maximum atomic E-state index is 11.4. The Bertz CT molecular complexity index is 538. The third-order valence-corrected chi connectivity index (χ3v) is 4.19. The molecule has 0 amide bonds. The number of hydrogen-bond donors (Lipinski definition) is 2. The lowest BCUT2D eigenvalue weighted by molar-refractivity contribution is 0.216. The van der Waals surface area contributed by atoms with Crippen molar-refractivity contribution in [2.75, 3.05) is 30.5 Å². The number of aliphatic hydroxyl groups excluding tert-OH is 1. The summed E-state index contributed by atoms with van der Waals surface area (Å²) in [7, 11) is -1.45. The number of benzene rings is 1. The molecule has 0 aliphatic heterocycles. The fourth-order valence-electron chi connectivity index (χ4n) is 1.50. The molecule has 0 aromatic heterocycles. The molecule has 1 aromatic carbocycles. The van der Waals surface area contributed by atoms with Crippen LogP contribution in [0.1, 0.15) is 13.8 Å². The number of hydrogen-bond acceptors (Lipinski definition) is 5. The Balaban J connectivity index is 3.23. The third-order valence-electron chi connectivity index (χ3n) is 3.08. The monoisotopic (exact) mass is 272 g/mol. The molecule has 0 spiro atoms. The number of likely N-dealkylation sites (N-methyl/N-ethyl adjacent to an activating group) is 1. The largest absolute Gasteiger partial charge is 0.397 e. The second-order valence-electron chi connectivity index (χ2n) is 5.02. The van der Waals surface area contributed by atoms with Crippen LogP contribution in [0.4, 0.5) is 11.4 Å². The van der Waals surface area contributed by atoms with E-state index in [1.54, 1.807) is 6.07 Å². The maximum Gasteiger partial charge on any atom is 0.175 e. The Morgan fingerprint density at radius 2 is 1.94 bits per heavy atom. The fourth-order valence-corrected chi connectivity index (χ4v) is 2.16. The first-order chi connectivity index (χ1) is 8.09. The van der Waals surface area contributed by atoms with Gasteiger partial charge in [-0.1, -0.05) is 0 Å². The minimum absolute atomic E-state index is 0.0310. The van der Waals surface area contributed by atoms with Gasteiger partial charge in [-0.25, -0.2) is 8.42 Å². The van der Waals surface area contributed by atoms with E-state index in [0.717, 1.165) is 6.26 Å². The van der Waals surface area contributed by atoms with E-state index in [9.17, 15) is 13.5 Å². The average molecular weight is 272 g/mol. The summed E-state index contributed by atoms with van der Waals surface area (Å²) < 4.78 is 22.8. The van der Waals surface area contributed by atoms with Crippen molar-refractivity contribution >= 4 is 21.2 Å². The molecule has 102 valence electrons. The Kier molecular flexibility index (Phi) is 3.92. The molecule has 5 nitrogen and oxygen atoms in total. The van der Waals surface area contributed by atoms with Crippen LogP contribution in [0.3, 0.4) is 0 Å². The summed E-state index contributed by atoms with van der Waals surface area (Å²) >= 11 is 0. The lowest BCUT2D eigenvalue weighted by Crippen LogP contribution is -2.44. The van der Waals surface area contributed by atoms with E-state index in [2.05, 4.69) is 0 Å². The van der Waals surface area contributed by atoms with E-state index < -0.39 is 15.4 Å². The molecular weight excluding hydrogens is 252 g/mol. The average Bonchev–Trinajstić information content (AvgIpc) is 2.26. The van der Waals surface area contributed by atoms with E-state index in [-0.39, 0.29) is 11.5 Å². The van der Waals surface area contributed by atoms with Crippen molar-refractivity contribution < 1.29 is 13.5 Å². The topological polar surface area (TPSA) is 83.6 Å². The zero-order chi connectivity index (χ0) is 14.1. The molecule has 0 unspecified atom stereocenters. The highest BCUT2D eigenvalue weighted by Gasteiger charge is 2.24. The van der Waals surface area contributed by atoms with Crippen LogP contribution < -0.4 is 10.6 Å². The van der Waals surface area contributed by atoms with Gasteiger partial charge in [0.05, 0.1) is 28.4 Å². The van der Waals surface area contributed by atoms with E-state index in [1.807, 2.05) is 25.8 Å². The number of aliphatic hydroxyl groups is 1. The Morgan fingerprint density at radius 3 is 2.33 bits per heavy atom. The Morgan fingerprint density at radius 1 is 1.39 bits per heavy atom. The van der Waals surface area contributed by atoms with Crippen LogP contribution in [-0.4, -0.2) is 39.0 Å². The number of anilines is 2. The predicted octanol–water partition coefficient (Wildman–Crippen LogP) is 0.879. The maximum absolute atomic E-state index is 11.4. The van der Waals surface area contributed by atoms with Gasteiger partial charge in [0.25, 0.3) is 0 Å². The van der Waals surface area contributed by atoms with Crippen LogP contribution in [0, 0.1) is 0 Å². The van der Waals surface area contributed by atoms with Gasteiger partial charge in [0.15, 0.2) is 9.84 Å². The predicted molar refractivity (Wildman–Crippen MR) is 73.5 cm³/mol. The summed E-state index contributed by atoms with van der Waals surface area (Å²) in [4.78, 5) is 2.02. The summed E-state index contributed by atoms with van der Waals surface area (Å²) in [6.07, 6.45) is 1.14. The van der Waals surface area contributed by atoms with Gasteiger partial charge in [-0.2, -0.15) is 0 Å². The molecule has 1 rings (SSSR count). The van der Waals surface area contributed by atoms with Crippen LogP contribution >= 0.6 is 0 Å². The number of sulfone groups is 1. The van der Waals surface area contributed by atoms with Gasteiger partial charge >= 0.3 is 0 Å². The van der Waals surface area contributed by atoms with Crippen molar-refractivity contribution in [2.45, 2.75) is 24.3 Å². The number of nitrogens with two attached hydrogens (primary N) is 1. The molecule has 3 N–H and O–H groups in total. The zero-order valence-electron chi connectivity index (χ0n) is 11.1. The quantitative estimate of drug-likeness (QED) is 0.795. The minimum atomic E-state index is -3.26. The Hall–Kier alpha value is -1.27. The van der Waals surface area contributed by atoms with Crippen molar-refractivity contribution in [3.05, 3.63) is 18.2 Å². The molecule has 6 heteroatoms.